The first-order valence-electron chi connectivity index (χ1n) is 13.3. The monoisotopic (exact) mass is 680 g/mol. The molecule has 1 radical (unpaired) electrons. The summed E-state index contributed by atoms with van der Waals surface area (Å²) >= 11 is 0. The summed E-state index contributed by atoms with van der Waals surface area (Å²) < 4.78 is 27.5. The predicted octanol–water partition coefficient (Wildman–Crippen LogP) is 7.85. The van der Waals surface area contributed by atoms with Crippen molar-refractivity contribution in [2.45, 2.75) is 26.5 Å². The van der Waals surface area contributed by atoms with Gasteiger partial charge >= 0.3 is 0 Å². The first kappa shape index (κ1) is 22.8. The molecule has 3 aromatic heterocycles. The molecular weight excluding hydrogens is 649 g/mol. The van der Waals surface area contributed by atoms with Crippen LogP contribution in [0.2, 0.25) is 19.6 Å². The van der Waals surface area contributed by atoms with Gasteiger partial charge in [-0.05, 0) is 29.9 Å². The number of para-hydroxylation sites is 1. The number of pyridine rings is 2. The van der Waals surface area contributed by atoms with Gasteiger partial charge in [0, 0.05) is 49.3 Å². The molecule has 0 aliphatic rings. The second-order valence-electron chi connectivity index (χ2n) is 9.61. The molecule has 0 saturated carbocycles. The Hall–Kier alpha value is -3.37. The number of rotatable bonds is 3. The van der Waals surface area contributed by atoms with Crippen molar-refractivity contribution in [3.05, 3.63) is 115 Å². The summed E-state index contributed by atoms with van der Waals surface area (Å²) in [6.07, 6.45) is 3.20. The quantitative estimate of drug-likeness (QED) is 0.141. The van der Waals surface area contributed by atoms with Gasteiger partial charge in [-0.15, -0.1) is 70.9 Å². The molecule has 187 valence electrons. The molecule has 0 saturated heterocycles. The van der Waals surface area contributed by atoms with E-state index < -0.39 is 14.9 Å². The van der Waals surface area contributed by atoms with Crippen LogP contribution in [0.15, 0.2) is 102 Å². The Bertz CT molecular complexity index is 1710. The van der Waals surface area contributed by atoms with Gasteiger partial charge in [0.2, 0.25) is 0 Å². The van der Waals surface area contributed by atoms with Crippen LogP contribution < -0.4 is 5.19 Å². The maximum atomic E-state index is 7.23. The maximum absolute atomic E-state index is 7.23. The Balaban J connectivity index is 0.000000192. The Morgan fingerprint density at radius 2 is 1.54 bits per heavy atom. The van der Waals surface area contributed by atoms with E-state index in [1.807, 2.05) is 42.6 Å². The minimum atomic E-state index is -2.09. The van der Waals surface area contributed by atoms with Crippen LogP contribution in [0.25, 0.3) is 44.5 Å². The molecule has 0 atom stereocenters. The van der Waals surface area contributed by atoms with E-state index in [4.69, 9.17) is 8.53 Å². The number of furan rings is 1. The van der Waals surface area contributed by atoms with Crippen LogP contribution in [-0.2, 0) is 20.1 Å². The number of benzene rings is 3. The number of aryl methyl sites for hydroxylation is 1. The van der Waals surface area contributed by atoms with Gasteiger partial charge in [-0.3, -0.25) is 0 Å². The molecule has 5 heteroatoms. The van der Waals surface area contributed by atoms with Crippen LogP contribution in [-0.4, -0.2) is 18.0 Å². The molecule has 0 aliphatic carbocycles. The maximum Gasteiger partial charge on any atom is 0.151 e. The van der Waals surface area contributed by atoms with Crippen molar-refractivity contribution >= 4 is 35.2 Å². The number of aromatic nitrogens is 2. The van der Waals surface area contributed by atoms with Crippen LogP contribution >= 0.6 is 0 Å². The molecule has 6 aromatic rings. The normalized spacial score (nSPS) is 12.6. The van der Waals surface area contributed by atoms with Crippen LogP contribution in [0.5, 0.6) is 0 Å². The van der Waals surface area contributed by atoms with Crippen LogP contribution in [0, 0.1) is 19.0 Å². The third kappa shape index (κ3) is 6.14. The van der Waals surface area contributed by atoms with E-state index in [2.05, 4.69) is 72.1 Å². The number of fused-ring (bicyclic) bond motifs is 3. The van der Waals surface area contributed by atoms with E-state index in [0.29, 0.717) is 0 Å². The standard InChI is InChI=1S/C20H18NOSi.C12H10N.Ir/c1-23(2,3)15-10-8-14(9-11-15)18-12-17-16-6-4-5-7-19(16)22-20(17)13-21-18;1-10-7-8-12(13-9-10)11-5-3-2-4-6-11;/h4-8,10-13H,1-3H3;2-5,7-9H,1H3;/q2*-1;/i;1D3;. The van der Waals surface area contributed by atoms with Gasteiger partial charge < -0.3 is 14.4 Å². The fourth-order valence-electron chi connectivity index (χ4n) is 3.94. The second kappa shape index (κ2) is 11.3. The molecule has 3 nitrogen and oxygen atoms in total. The molecule has 6 rings (SSSR count). The van der Waals surface area contributed by atoms with Crippen molar-refractivity contribution in [3.63, 3.8) is 0 Å². The van der Waals surface area contributed by atoms with Crippen molar-refractivity contribution in [2.75, 3.05) is 0 Å². The largest absolute Gasteiger partial charge is 0.455 e. The Morgan fingerprint density at radius 3 is 2.22 bits per heavy atom. The molecule has 3 heterocycles. The van der Waals surface area contributed by atoms with Crippen LogP contribution in [0.3, 0.4) is 0 Å². The SMILES string of the molecule is C[Si](C)(C)c1c[c-]c(-c2cc3c(cn2)oc2ccccc23)cc1.[2H]C([2H])([2H])c1ccc(-c2[c-]cccc2)nc1.[Ir]. The smallest absolute Gasteiger partial charge is 0.151 e. The molecular formula is C32H28IrN2OSi-2. The summed E-state index contributed by atoms with van der Waals surface area (Å²) in [5.41, 5.74) is 5.54. The summed E-state index contributed by atoms with van der Waals surface area (Å²) in [6.45, 7) is 4.94. The zero-order valence-corrected chi connectivity index (χ0v) is 24.3. The number of hydrogen-bond donors (Lipinski definition) is 0. The van der Waals surface area contributed by atoms with Crippen molar-refractivity contribution in [2.24, 2.45) is 0 Å². The molecule has 0 bridgehead atoms. The third-order valence-electron chi connectivity index (χ3n) is 5.97. The minimum absolute atomic E-state index is 0. The number of hydrogen-bond acceptors (Lipinski definition) is 3. The van der Waals surface area contributed by atoms with Crippen molar-refractivity contribution in [1.29, 1.82) is 0 Å². The van der Waals surface area contributed by atoms with Gasteiger partial charge in [-0.1, -0.05) is 56.0 Å². The average molecular weight is 680 g/mol. The van der Waals surface area contributed by atoms with E-state index in [1.54, 1.807) is 18.2 Å². The molecule has 0 N–H and O–H groups in total. The molecule has 37 heavy (non-hydrogen) atoms. The summed E-state index contributed by atoms with van der Waals surface area (Å²) in [4.78, 5) is 8.67. The van der Waals surface area contributed by atoms with Crippen molar-refractivity contribution in [3.8, 4) is 22.5 Å². The van der Waals surface area contributed by atoms with E-state index >= 15 is 0 Å². The summed E-state index contributed by atoms with van der Waals surface area (Å²) in [5, 5.41) is 3.65. The van der Waals surface area contributed by atoms with E-state index in [-0.39, 0.29) is 25.7 Å². The molecule has 3 aromatic carbocycles. The molecule has 0 fully saturated rings. The van der Waals surface area contributed by atoms with Gasteiger partial charge in [-0.2, -0.15) is 0 Å². The fraction of sp³-hybridized carbons (Fsp3) is 0.125. The number of nitrogens with zero attached hydrogens (tertiary/aromatic N) is 2. The fourth-order valence-corrected chi connectivity index (χ4v) is 5.02. The topological polar surface area (TPSA) is 38.9 Å². The van der Waals surface area contributed by atoms with Crippen LogP contribution in [0.1, 0.15) is 9.68 Å². The summed E-state index contributed by atoms with van der Waals surface area (Å²) in [5.74, 6) is 0. The molecule has 0 unspecified atom stereocenters. The summed E-state index contributed by atoms with van der Waals surface area (Å²) in [7, 11) is -1.29. The first-order valence-corrected chi connectivity index (χ1v) is 15.3. The molecule has 0 aliphatic heterocycles. The van der Waals surface area contributed by atoms with Gasteiger partial charge in [-0.25, -0.2) is 0 Å². The van der Waals surface area contributed by atoms with Gasteiger partial charge in [0.1, 0.15) is 5.58 Å². The summed E-state index contributed by atoms with van der Waals surface area (Å²) in [6, 6.07) is 33.9. The Morgan fingerprint density at radius 1 is 0.757 bits per heavy atom. The Kier molecular flexibility index (Phi) is 6.99. The van der Waals surface area contributed by atoms with Gasteiger partial charge in [0.25, 0.3) is 0 Å². The molecule has 0 amide bonds. The zero-order valence-electron chi connectivity index (χ0n) is 23.9. The zero-order chi connectivity index (χ0) is 27.6. The van der Waals surface area contributed by atoms with Crippen molar-refractivity contribution < 1.29 is 28.6 Å². The van der Waals surface area contributed by atoms with E-state index in [0.717, 1.165) is 44.5 Å². The van der Waals surface area contributed by atoms with Crippen molar-refractivity contribution in [1.82, 2.24) is 9.97 Å². The Labute approximate surface area is 237 Å². The van der Waals surface area contributed by atoms with Gasteiger partial charge in [0.05, 0.1) is 6.20 Å². The first-order chi connectivity index (χ1) is 18.6. The van der Waals surface area contributed by atoms with E-state index in [9.17, 15) is 0 Å². The van der Waals surface area contributed by atoms with Crippen LogP contribution in [0.4, 0.5) is 0 Å². The minimum Gasteiger partial charge on any atom is -0.455 e. The third-order valence-corrected chi connectivity index (χ3v) is 8.01. The predicted molar refractivity (Wildman–Crippen MR) is 152 cm³/mol. The second-order valence-corrected chi connectivity index (χ2v) is 14.7. The van der Waals surface area contributed by atoms with E-state index in [1.165, 1.54) is 11.4 Å². The average Bonchev–Trinajstić information content (AvgIpc) is 3.31. The van der Waals surface area contributed by atoms with Gasteiger partial charge in [0.15, 0.2) is 5.58 Å². The molecule has 0 spiro atoms.